The number of aromatic nitrogens is 1. The van der Waals surface area contributed by atoms with Gasteiger partial charge in [0.15, 0.2) is 11.4 Å². The summed E-state index contributed by atoms with van der Waals surface area (Å²) in [5.74, 6) is -0.112. The lowest BCUT2D eigenvalue weighted by atomic mass is 10.0. The van der Waals surface area contributed by atoms with Crippen molar-refractivity contribution in [1.29, 1.82) is 0 Å². The van der Waals surface area contributed by atoms with Gasteiger partial charge in [-0.1, -0.05) is 19.9 Å². The van der Waals surface area contributed by atoms with E-state index in [1.54, 1.807) is 12.1 Å². The number of aliphatic hydroxyl groups excluding tert-OH is 1. The zero-order valence-electron chi connectivity index (χ0n) is 8.62. The van der Waals surface area contributed by atoms with Crippen LogP contribution in [0.1, 0.15) is 31.2 Å². The molecule has 2 rings (SSSR count). The Morgan fingerprint density at radius 1 is 1.47 bits per heavy atom. The monoisotopic (exact) mass is 209 g/mol. The summed E-state index contributed by atoms with van der Waals surface area (Å²) in [7, 11) is 0. The summed E-state index contributed by atoms with van der Waals surface area (Å²) in [6.07, 6.45) is 0. The highest BCUT2D eigenvalue weighted by Gasteiger charge is 2.15. The molecule has 0 atom stereocenters. The number of rotatable bonds is 2. The SMILES string of the molecule is CC(C)c1ccc2oc(CO)nc2c1F. The molecular weight excluding hydrogens is 197 g/mol. The largest absolute Gasteiger partial charge is 0.438 e. The fourth-order valence-electron chi connectivity index (χ4n) is 1.54. The molecule has 15 heavy (non-hydrogen) atoms. The lowest BCUT2D eigenvalue weighted by Crippen LogP contribution is -1.93. The van der Waals surface area contributed by atoms with Gasteiger partial charge in [0.2, 0.25) is 5.89 Å². The van der Waals surface area contributed by atoms with Crippen molar-refractivity contribution in [3.05, 3.63) is 29.4 Å². The minimum Gasteiger partial charge on any atom is -0.438 e. The van der Waals surface area contributed by atoms with Crippen LogP contribution in [0.3, 0.4) is 0 Å². The van der Waals surface area contributed by atoms with E-state index in [9.17, 15) is 4.39 Å². The zero-order chi connectivity index (χ0) is 11.0. The maximum atomic E-state index is 13.9. The van der Waals surface area contributed by atoms with Crippen LogP contribution in [-0.4, -0.2) is 10.1 Å². The second kappa shape index (κ2) is 3.62. The van der Waals surface area contributed by atoms with Crippen LogP contribution in [0, 0.1) is 5.82 Å². The van der Waals surface area contributed by atoms with Crippen molar-refractivity contribution < 1.29 is 13.9 Å². The van der Waals surface area contributed by atoms with Crippen molar-refractivity contribution in [2.24, 2.45) is 0 Å². The highest BCUT2D eigenvalue weighted by Crippen LogP contribution is 2.26. The molecule has 0 radical (unpaired) electrons. The molecule has 0 fully saturated rings. The quantitative estimate of drug-likeness (QED) is 0.826. The van der Waals surface area contributed by atoms with Crippen molar-refractivity contribution in [3.63, 3.8) is 0 Å². The normalized spacial score (nSPS) is 11.5. The lowest BCUT2D eigenvalue weighted by Gasteiger charge is -2.05. The Labute approximate surface area is 86.5 Å². The van der Waals surface area contributed by atoms with Crippen molar-refractivity contribution in [2.75, 3.05) is 0 Å². The van der Waals surface area contributed by atoms with Gasteiger partial charge in [0.1, 0.15) is 12.1 Å². The molecule has 1 N–H and O–H groups in total. The molecule has 3 nitrogen and oxygen atoms in total. The molecule has 0 spiro atoms. The van der Waals surface area contributed by atoms with Crippen LogP contribution >= 0.6 is 0 Å². The predicted molar refractivity (Wildman–Crippen MR) is 54.0 cm³/mol. The van der Waals surface area contributed by atoms with Gasteiger partial charge in [0, 0.05) is 0 Å². The Morgan fingerprint density at radius 2 is 2.20 bits per heavy atom. The van der Waals surface area contributed by atoms with Crippen LogP contribution in [0.5, 0.6) is 0 Å². The molecule has 1 aromatic carbocycles. The molecule has 0 aliphatic carbocycles. The summed E-state index contributed by atoms with van der Waals surface area (Å²) in [5, 5.41) is 8.83. The summed E-state index contributed by atoms with van der Waals surface area (Å²) in [6, 6.07) is 3.37. The first-order valence-electron chi connectivity index (χ1n) is 4.82. The van der Waals surface area contributed by atoms with Gasteiger partial charge in [-0.25, -0.2) is 9.37 Å². The van der Waals surface area contributed by atoms with E-state index in [2.05, 4.69) is 4.98 Å². The van der Waals surface area contributed by atoms with E-state index in [-0.39, 0.29) is 29.7 Å². The van der Waals surface area contributed by atoms with Crippen molar-refractivity contribution in [2.45, 2.75) is 26.4 Å². The first kappa shape index (κ1) is 10.1. The van der Waals surface area contributed by atoms with Crippen molar-refractivity contribution >= 4 is 11.1 Å². The van der Waals surface area contributed by atoms with Crippen LogP contribution in [0.4, 0.5) is 4.39 Å². The van der Waals surface area contributed by atoms with E-state index < -0.39 is 0 Å². The Balaban J connectivity index is 2.67. The molecule has 2 aromatic rings. The van der Waals surface area contributed by atoms with E-state index in [1.165, 1.54) is 0 Å². The fourth-order valence-corrected chi connectivity index (χ4v) is 1.54. The predicted octanol–water partition coefficient (Wildman–Crippen LogP) is 2.58. The third kappa shape index (κ3) is 1.61. The van der Waals surface area contributed by atoms with Gasteiger partial charge in [-0.15, -0.1) is 0 Å². The molecule has 0 saturated carbocycles. The third-order valence-corrected chi connectivity index (χ3v) is 2.33. The topological polar surface area (TPSA) is 46.3 Å². The standard InChI is InChI=1S/C11H12FNO2/c1-6(2)7-3-4-8-11(10(7)12)13-9(5-14)15-8/h3-4,6,14H,5H2,1-2H3. The molecule has 1 heterocycles. The number of nitrogens with zero attached hydrogens (tertiary/aromatic N) is 1. The van der Waals surface area contributed by atoms with Crippen molar-refractivity contribution in [3.8, 4) is 0 Å². The van der Waals surface area contributed by atoms with Gasteiger partial charge < -0.3 is 9.52 Å². The Bertz CT molecular complexity index is 491. The second-order valence-electron chi connectivity index (χ2n) is 3.74. The summed E-state index contributed by atoms with van der Waals surface area (Å²) in [4.78, 5) is 3.88. The molecular formula is C11H12FNO2. The van der Waals surface area contributed by atoms with Crippen LogP contribution in [0.2, 0.25) is 0 Å². The van der Waals surface area contributed by atoms with Crippen LogP contribution in [0.25, 0.3) is 11.1 Å². The second-order valence-corrected chi connectivity index (χ2v) is 3.74. The van der Waals surface area contributed by atoms with Gasteiger partial charge in [0.25, 0.3) is 0 Å². The Hall–Kier alpha value is -1.42. The van der Waals surface area contributed by atoms with Gasteiger partial charge >= 0.3 is 0 Å². The van der Waals surface area contributed by atoms with Gasteiger partial charge in [0.05, 0.1) is 0 Å². The number of hydrogen-bond donors (Lipinski definition) is 1. The molecule has 0 saturated heterocycles. The molecule has 4 heteroatoms. The average Bonchev–Trinajstić information content (AvgIpc) is 2.61. The molecule has 80 valence electrons. The zero-order valence-corrected chi connectivity index (χ0v) is 8.62. The summed E-state index contributed by atoms with van der Waals surface area (Å²) in [6.45, 7) is 3.51. The Morgan fingerprint density at radius 3 is 2.80 bits per heavy atom. The highest BCUT2D eigenvalue weighted by atomic mass is 19.1. The van der Waals surface area contributed by atoms with Crippen LogP contribution in [-0.2, 0) is 6.61 Å². The number of fused-ring (bicyclic) bond motifs is 1. The first-order valence-corrected chi connectivity index (χ1v) is 4.82. The minimum absolute atomic E-state index is 0.101. The van der Waals surface area contributed by atoms with Gasteiger partial charge in [-0.05, 0) is 17.5 Å². The van der Waals surface area contributed by atoms with E-state index in [0.717, 1.165) is 0 Å². The minimum atomic E-state index is -0.356. The number of oxazole rings is 1. The third-order valence-electron chi connectivity index (χ3n) is 2.33. The lowest BCUT2D eigenvalue weighted by molar-refractivity contribution is 0.244. The molecule has 0 bridgehead atoms. The molecule has 0 aliphatic rings. The molecule has 0 aliphatic heterocycles. The van der Waals surface area contributed by atoms with Gasteiger partial charge in [-0.3, -0.25) is 0 Å². The maximum Gasteiger partial charge on any atom is 0.221 e. The number of halogens is 1. The molecule has 0 amide bonds. The fraction of sp³-hybridized carbons (Fsp3) is 0.364. The van der Waals surface area contributed by atoms with Crippen molar-refractivity contribution in [1.82, 2.24) is 4.98 Å². The number of aliphatic hydroxyl groups is 1. The van der Waals surface area contributed by atoms with E-state index in [4.69, 9.17) is 9.52 Å². The average molecular weight is 209 g/mol. The maximum absolute atomic E-state index is 13.9. The summed E-state index contributed by atoms with van der Waals surface area (Å²) < 4.78 is 19.0. The van der Waals surface area contributed by atoms with E-state index in [1.807, 2.05) is 13.8 Å². The molecule has 0 unspecified atom stereocenters. The summed E-state index contributed by atoms with van der Waals surface area (Å²) >= 11 is 0. The first-order chi connectivity index (χ1) is 7.13. The number of benzene rings is 1. The van der Waals surface area contributed by atoms with E-state index >= 15 is 0 Å². The van der Waals surface area contributed by atoms with Gasteiger partial charge in [-0.2, -0.15) is 0 Å². The number of hydrogen-bond acceptors (Lipinski definition) is 3. The van der Waals surface area contributed by atoms with E-state index in [0.29, 0.717) is 11.1 Å². The van der Waals surface area contributed by atoms with Crippen LogP contribution in [0.15, 0.2) is 16.5 Å². The smallest absolute Gasteiger partial charge is 0.221 e. The van der Waals surface area contributed by atoms with Crippen LogP contribution < -0.4 is 0 Å². The molecule has 1 aromatic heterocycles. The summed E-state index contributed by atoms with van der Waals surface area (Å²) in [5.41, 5.74) is 1.19. The highest BCUT2D eigenvalue weighted by molar-refractivity contribution is 5.74. The Kier molecular flexibility index (Phi) is 2.44.